The van der Waals surface area contributed by atoms with Crippen molar-refractivity contribution in [1.29, 1.82) is 0 Å². The number of aryl methyl sites for hydroxylation is 1. The summed E-state index contributed by atoms with van der Waals surface area (Å²) in [5.41, 5.74) is 1.97. The second-order valence-corrected chi connectivity index (χ2v) is 3.31. The van der Waals surface area contributed by atoms with Crippen molar-refractivity contribution in [3.8, 4) is 11.8 Å². The molecule has 0 saturated carbocycles. The van der Waals surface area contributed by atoms with Crippen LogP contribution in [-0.4, -0.2) is 5.33 Å². The minimum Gasteiger partial charge on any atom is -0.0863 e. The molecule has 0 aromatic heterocycles. The van der Waals surface area contributed by atoms with Gasteiger partial charge in [0.2, 0.25) is 0 Å². The van der Waals surface area contributed by atoms with Crippen molar-refractivity contribution in [2.24, 2.45) is 0 Å². The van der Waals surface area contributed by atoms with E-state index in [-0.39, 0.29) is 0 Å². The van der Waals surface area contributed by atoms with Gasteiger partial charge in [0.1, 0.15) is 0 Å². The summed E-state index contributed by atoms with van der Waals surface area (Å²) < 4.78 is 0. The summed E-state index contributed by atoms with van der Waals surface area (Å²) >= 11 is 9.24. The first kappa shape index (κ1) is 9.64. The van der Waals surface area contributed by atoms with Crippen LogP contribution >= 0.6 is 27.5 Å². The molecule has 0 spiro atoms. The highest BCUT2D eigenvalue weighted by Gasteiger charge is 1.97. The topological polar surface area (TPSA) is 0 Å². The van der Waals surface area contributed by atoms with Crippen LogP contribution in [0.5, 0.6) is 0 Å². The smallest absolute Gasteiger partial charge is 0.0649 e. The van der Waals surface area contributed by atoms with E-state index in [0.29, 0.717) is 5.33 Å². The minimum absolute atomic E-state index is 0.678. The molecule has 62 valence electrons. The Labute approximate surface area is 86.1 Å². The Morgan fingerprint density at radius 3 is 2.92 bits per heavy atom. The Bertz CT molecular complexity index is 333. The lowest BCUT2D eigenvalue weighted by atomic mass is 10.1. The Morgan fingerprint density at radius 1 is 1.50 bits per heavy atom. The molecule has 0 atom stereocenters. The highest BCUT2D eigenvalue weighted by atomic mass is 79.9. The monoisotopic (exact) mass is 242 g/mol. The molecule has 0 bridgehead atoms. The Balaban J connectivity index is 3.08. The molecule has 12 heavy (non-hydrogen) atoms. The summed E-state index contributed by atoms with van der Waals surface area (Å²) in [4.78, 5) is 0. The van der Waals surface area contributed by atoms with Crippen LogP contribution in [0.25, 0.3) is 0 Å². The maximum absolute atomic E-state index is 6.01. The molecule has 0 amide bonds. The third-order valence-electron chi connectivity index (χ3n) is 1.48. The summed E-state index contributed by atoms with van der Waals surface area (Å²) in [7, 11) is 0. The largest absolute Gasteiger partial charge is 0.0863 e. The molecule has 0 fully saturated rings. The number of halogens is 2. The number of alkyl halides is 1. The molecule has 0 nitrogen and oxygen atoms in total. The van der Waals surface area contributed by atoms with Gasteiger partial charge in [-0.3, -0.25) is 0 Å². The average molecular weight is 244 g/mol. The van der Waals surface area contributed by atoms with Gasteiger partial charge < -0.3 is 0 Å². The lowest BCUT2D eigenvalue weighted by Gasteiger charge is -1.98. The van der Waals surface area contributed by atoms with Gasteiger partial charge in [0.25, 0.3) is 0 Å². The predicted molar refractivity (Wildman–Crippen MR) is 56.9 cm³/mol. The molecular formula is C10H8BrCl. The van der Waals surface area contributed by atoms with E-state index >= 15 is 0 Å². The van der Waals surface area contributed by atoms with E-state index in [4.69, 9.17) is 11.6 Å². The lowest BCUT2D eigenvalue weighted by Crippen LogP contribution is -1.80. The van der Waals surface area contributed by atoms with Crippen molar-refractivity contribution in [2.75, 3.05) is 5.33 Å². The van der Waals surface area contributed by atoms with E-state index in [1.54, 1.807) is 0 Å². The van der Waals surface area contributed by atoms with Gasteiger partial charge >= 0.3 is 0 Å². The van der Waals surface area contributed by atoms with E-state index in [2.05, 4.69) is 27.8 Å². The molecular weight excluding hydrogens is 235 g/mol. The van der Waals surface area contributed by atoms with Gasteiger partial charge in [-0.05, 0) is 18.6 Å². The third kappa shape index (κ3) is 2.27. The first-order valence-electron chi connectivity index (χ1n) is 3.55. The maximum atomic E-state index is 6.01. The maximum Gasteiger partial charge on any atom is 0.0649 e. The van der Waals surface area contributed by atoms with Crippen molar-refractivity contribution in [1.82, 2.24) is 0 Å². The fraction of sp³-hybridized carbons (Fsp3) is 0.200. The zero-order chi connectivity index (χ0) is 8.97. The molecule has 0 aliphatic rings. The summed E-state index contributed by atoms with van der Waals surface area (Å²) in [6.07, 6.45) is 0. The van der Waals surface area contributed by atoms with Crippen LogP contribution in [0.4, 0.5) is 0 Å². The Morgan fingerprint density at radius 2 is 2.25 bits per heavy atom. The fourth-order valence-electron chi connectivity index (χ4n) is 0.873. The Hall–Kier alpha value is -0.450. The zero-order valence-corrected chi connectivity index (χ0v) is 9.04. The van der Waals surface area contributed by atoms with Gasteiger partial charge in [-0.15, -0.1) is 0 Å². The number of rotatable bonds is 0. The second-order valence-electron chi connectivity index (χ2n) is 2.37. The summed E-state index contributed by atoms with van der Waals surface area (Å²) in [6, 6.07) is 5.85. The van der Waals surface area contributed by atoms with E-state index in [9.17, 15) is 0 Å². The average Bonchev–Trinajstić information content (AvgIpc) is 2.08. The minimum atomic E-state index is 0.678. The lowest BCUT2D eigenvalue weighted by molar-refractivity contribution is 1.45. The van der Waals surface area contributed by atoms with E-state index < -0.39 is 0 Å². The third-order valence-corrected chi connectivity index (χ3v) is 2.26. The molecule has 1 rings (SSSR count). The molecule has 1 aromatic carbocycles. The summed E-state index contributed by atoms with van der Waals surface area (Å²) in [5, 5.41) is 1.43. The van der Waals surface area contributed by atoms with E-state index in [1.807, 2.05) is 25.1 Å². The van der Waals surface area contributed by atoms with Crippen LogP contribution in [0.15, 0.2) is 18.2 Å². The van der Waals surface area contributed by atoms with Gasteiger partial charge in [-0.2, -0.15) is 0 Å². The summed E-state index contributed by atoms with van der Waals surface area (Å²) in [6.45, 7) is 1.97. The molecule has 0 unspecified atom stereocenters. The zero-order valence-electron chi connectivity index (χ0n) is 6.70. The van der Waals surface area contributed by atoms with Crippen LogP contribution in [0.1, 0.15) is 11.1 Å². The summed E-state index contributed by atoms with van der Waals surface area (Å²) in [5.74, 6) is 5.89. The van der Waals surface area contributed by atoms with Gasteiger partial charge in [0, 0.05) is 5.56 Å². The van der Waals surface area contributed by atoms with Crippen LogP contribution in [0, 0.1) is 18.8 Å². The SMILES string of the molecule is Cc1cccc(C#CCBr)c1Cl. The fourth-order valence-corrected chi connectivity index (χ4v) is 1.19. The van der Waals surface area contributed by atoms with E-state index in [0.717, 1.165) is 16.1 Å². The second kappa shape index (κ2) is 4.54. The van der Waals surface area contributed by atoms with E-state index in [1.165, 1.54) is 0 Å². The first-order chi connectivity index (χ1) is 5.75. The van der Waals surface area contributed by atoms with Gasteiger partial charge in [0.15, 0.2) is 0 Å². The number of benzene rings is 1. The van der Waals surface area contributed by atoms with Crippen molar-refractivity contribution in [3.63, 3.8) is 0 Å². The normalized spacial score (nSPS) is 8.92. The molecule has 1 aromatic rings. The molecule has 0 aliphatic carbocycles. The van der Waals surface area contributed by atoms with Crippen molar-refractivity contribution in [2.45, 2.75) is 6.92 Å². The van der Waals surface area contributed by atoms with Crippen LogP contribution < -0.4 is 0 Å². The highest BCUT2D eigenvalue weighted by molar-refractivity contribution is 9.09. The van der Waals surface area contributed by atoms with Gasteiger partial charge in [0.05, 0.1) is 10.4 Å². The van der Waals surface area contributed by atoms with Crippen LogP contribution in [0.3, 0.4) is 0 Å². The molecule has 0 N–H and O–H groups in total. The molecule has 0 saturated heterocycles. The Kier molecular flexibility index (Phi) is 3.65. The molecule has 2 heteroatoms. The molecule has 0 radical (unpaired) electrons. The van der Waals surface area contributed by atoms with Gasteiger partial charge in [-0.25, -0.2) is 0 Å². The molecule has 0 heterocycles. The molecule has 0 aliphatic heterocycles. The highest BCUT2D eigenvalue weighted by Crippen LogP contribution is 2.18. The van der Waals surface area contributed by atoms with Crippen molar-refractivity contribution >= 4 is 27.5 Å². The number of hydrogen-bond acceptors (Lipinski definition) is 0. The first-order valence-corrected chi connectivity index (χ1v) is 5.05. The van der Waals surface area contributed by atoms with Crippen LogP contribution in [-0.2, 0) is 0 Å². The van der Waals surface area contributed by atoms with Crippen LogP contribution in [0.2, 0.25) is 5.02 Å². The predicted octanol–water partition coefficient (Wildman–Crippen LogP) is 3.39. The van der Waals surface area contributed by atoms with Crippen molar-refractivity contribution < 1.29 is 0 Å². The quantitative estimate of drug-likeness (QED) is 0.484. The van der Waals surface area contributed by atoms with Gasteiger partial charge in [-0.1, -0.05) is 51.5 Å². The number of hydrogen-bond donors (Lipinski definition) is 0. The standard InChI is InChI=1S/C10H8BrCl/c1-8-4-2-5-9(10(8)12)6-3-7-11/h2,4-5H,7H2,1H3. The van der Waals surface area contributed by atoms with Crippen molar-refractivity contribution in [3.05, 3.63) is 34.3 Å².